The van der Waals surface area contributed by atoms with Gasteiger partial charge in [0.15, 0.2) is 0 Å². The van der Waals surface area contributed by atoms with Crippen LogP contribution < -0.4 is 20.7 Å². The number of hydrogen-bond acceptors (Lipinski definition) is 5. The summed E-state index contributed by atoms with van der Waals surface area (Å²) in [5, 5.41) is 8.42. The first-order valence-electron chi connectivity index (χ1n) is 11.6. The zero-order chi connectivity index (χ0) is 26.1. The molecule has 0 aliphatic heterocycles. The molecule has 1 saturated carbocycles. The molecule has 10 heteroatoms. The topological polar surface area (TPSA) is 84.0 Å². The summed E-state index contributed by atoms with van der Waals surface area (Å²) in [6.45, 7) is 6.66. The number of rotatable bonds is 12. The summed E-state index contributed by atoms with van der Waals surface area (Å²) in [4.78, 5) is 16.3. The summed E-state index contributed by atoms with van der Waals surface area (Å²) in [5.74, 6) is -2.80. The number of amides is 2. The first kappa shape index (κ1) is 27.1. The Hall–Kier alpha value is -3.53. The van der Waals surface area contributed by atoms with Gasteiger partial charge >= 0.3 is 6.03 Å². The van der Waals surface area contributed by atoms with Gasteiger partial charge in [-0.3, -0.25) is 4.99 Å². The van der Waals surface area contributed by atoms with E-state index in [-0.39, 0.29) is 30.9 Å². The van der Waals surface area contributed by atoms with Crippen molar-refractivity contribution in [1.29, 1.82) is 0 Å². The van der Waals surface area contributed by atoms with E-state index >= 15 is 0 Å². The summed E-state index contributed by atoms with van der Waals surface area (Å²) in [7, 11) is 1.55. The van der Waals surface area contributed by atoms with Gasteiger partial charge in [0.2, 0.25) is 5.92 Å². The number of aliphatic imine (C=N–C) groups is 1. The van der Waals surface area contributed by atoms with E-state index in [9.17, 15) is 18.0 Å². The minimum atomic E-state index is -2.55. The molecule has 0 radical (unpaired) electrons. The molecule has 36 heavy (non-hydrogen) atoms. The highest BCUT2D eigenvalue weighted by Crippen LogP contribution is 2.43. The summed E-state index contributed by atoms with van der Waals surface area (Å²) >= 11 is 0. The summed E-state index contributed by atoms with van der Waals surface area (Å²) in [6, 6.07) is 9.26. The average molecular weight is 505 g/mol. The fourth-order valence-electron chi connectivity index (χ4n) is 3.86. The van der Waals surface area contributed by atoms with Crippen LogP contribution in [0.4, 0.5) is 35.0 Å². The van der Waals surface area contributed by atoms with Crippen LogP contribution >= 0.6 is 0 Å². The molecule has 2 amide bonds. The van der Waals surface area contributed by atoms with Gasteiger partial charge in [-0.05, 0) is 43.5 Å². The third kappa shape index (κ3) is 7.74. The molecule has 0 heterocycles. The van der Waals surface area contributed by atoms with Crippen LogP contribution in [0.1, 0.15) is 31.7 Å². The zero-order valence-corrected chi connectivity index (χ0v) is 20.4. The number of carbonyl (C=O) groups is 1. The second-order valence-electron chi connectivity index (χ2n) is 8.51. The molecule has 1 aliphatic rings. The monoisotopic (exact) mass is 504 g/mol. The van der Waals surface area contributed by atoms with Gasteiger partial charge in [0, 0.05) is 61.9 Å². The van der Waals surface area contributed by atoms with E-state index in [1.165, 1.54) is 6.07 Å². The number of halogens is 3. The lowest BCUT2D eigenvalue weighted by molar-refractivity contribution is -0.111. The van der Waals surface area contributed by atoms with Crippen molar-refractivity contribution in [2.75, 3.05) is 37.5 Å². The molecule has 0 spiro atoms. The van der Waals surface area contributed by atoms with E-state index in [2.05, 4.69) is 27.5 Å². The van der Waals surface area contributed by atoms with Gasteiger partial charge in [0.05, 0.1) is 17.9 Å². The molecule has 7 nitrogen and oxygen atoms in total. The molecule has 3 N–H and O–H groups in total. The smallest absolute Gasteiger partial charge is 0.319 e. The van der Waals surface area contributed by atoms with Crippen LogP contribution in [0.3, 0.4) is 0 Å². The molecule has 3 rings (SSSR count). The molecule has 0 atom stereocenters. The van der Waals surface area contributed by atoms with E-state index in [1.54, 1.807) is 50.6 Å². The van der Waals surface area contributed by atoms with Crippen LogP contribution in [0.5, 0.6) is 5.75 Å². The van der Waals surface area contributed by atoms with E-state index in [4.69, 9.17) is 9.47 Å². The Balaban J connectivity index is 1.55. The van der Waals surface area contributed by atoms with Crippen molar-refractivity contribution < 1.29 is 27.4 Å². The Labute approximate surface area is 208 Å². The number of ether oxygens (including phenoxy) is 2. The quantitative estimate of drug-likeness (QED) is 0.237. The lowest BCUT2D eigenvalue weighted by Gasteiger charge is -2.34. The summed E-state index contributed by atoms with van der Waals surface area (Å²) in [6.07, 6.45) is 1.85. The van der Waals surface area contributed by atoms with Gasteiger partial charge in [-0.1, -0.05) is 6.58 Å². The number of hydrogen-bond donors (Lipinski definition) is 3. The first-order chi connectivity index (χ1) is 17.2. The average Bonchev–Trinajstić information content (AvgIpc) is 2.79. The van der Waals surface area contributed by atoms with Crippen molar-refractivity contribution in [2.24, 2.45) is 10.9 Å². The van der Waals surface area contributed by atoms with Crippen LogP contribution in [0, 0.1) is 11.7 Å². The summed E-state index contributed by atoms with van der Waals surface area (Å²) in [5.41, 5.74) is 2.04. The number of nitrogens with zero attached hydrogens (tertiary/aromatic N) is 1. The Bertz CT molecular complexity index is 1080. The second-order valence-corrected chi connectivity index (χ2v) is 8.51. The molecular weight excluding hydrogens is 473 g/mol. The number of anilines is 2. The van der Waals surface area contributed by atoms with Crippen LogP contribution in [0.15, 0.2) is 48.0 Å². The van der Waals surface area contributed by atoms with Crippen molar-refractivity contribution in [3.63, 3.8) is 0 Å². The SMILES string of the molecule is C=C(Nc1ccc(NC(=O)NCCC2CC(F)(F)C2)cc1)c1c(F)cc(OCCOC)cc1N=CC. The number of nitrogens with one attached hydrogen (secondary N) is 3. The molecule has 2 aromatic rings. The zero-order valence-electron chi connectivity index (χ0n) is 20.4. The number of benzene rings is 2. The van der Waals surface area contributed by atoms with Crippen molar-refractivity contribution in [2.45, 2.75) is 32.1 Å². The van der Waals surface area contributed by atoms with Crippen molar-refractivity contribution in [1.82, 2.24) is 5.32 Å². The predicted molar refractivity (Wildman–Crippen MR) is 136 cm³/mol. The lowest BCUT2D eigenvalue weighted by atomic mass is 9.79. The molecular formula is C26H31F3N4O3. The predicted octanol–water partition coefficient (Wildman–Crippen LogP) is 6.21. The molecule has 0 unspecified atom stereocenters. The van der Waals surface area contributed by atoms with Gasteiger partial charge < -0.3 is 25.4 Å². The Morgan fingerprint density at radius 1 is 1.17 bits per heavy atom. The summed E-state index contributed by atoms with van der Waals surface area (Å²) < 4.78 is 51.1. The van der Waals surface area contributed by atoms with Crippen molar-refractivity contribution in [3.05, 3.63) is 54.4 Å². The maximum absolute atomic E-state index is 14.9. The highest BCUT2D eigenvalue weighted by atomic mass is 19.3. The normalized spacial score (nSPS) is 14.8. The lowest BCUT2D eigenvalue weighted by Crippen LogP contribution is -2.38. The molecule has 0 saturated heterocycles. The second kappa shape index (κ2) is 12.4. The van der Waals surface area contributed by atoms with E-state index in [0.717, 1.165) is 0 Å². The highest BCUT2D eigenvalue weighted by Gasteiger charge is 2.44. The van der Waals surface area contributed by atoms with Gasteiger partial charge in [-0.25, -0.2) is 18.0 Å². The molecule has 2 aromatic carbocycles. The number of urea groups is 1. The third-order valence-electron chi connectivity index (χ3n) is 5.62. The molecule has 0 bridgehead atoms. The fraction of sp³-hybridized carbons (Fsp3) is 0.385. The van der Waals surface area contributed by atoms with Crippen LogP contribution in [0.25, 0.3) is 5.70 Å². The molecule has 194 valence electrons. The van der Waals surface area contributed by atoms with Gasteiger partial charge in [-0.2, -0.15) is 0 Å². The van der Waals surface area contributed by atoms with Crippen LogP contribution in [0.2, 0.25) is 0 Å². The van der Waals surface area contributed by atoms with E-state index in [0.29, 0.717) is 48.1 Å². The standard InChI is InChI=1S/C26H31F3N4O3/c1-4-30-23-14-21(36-12-11-35-3)13-22(27)24(23)17(2)32-19-5-7-20(8-6-19)33-25(34)31-10-9-18-15-26(28,29)16-18/h4-8,13-14,18,32H,2,9-12,15-16H2,1,3H3,(H2,31,33,34). The van der Waals surface area contributed by atoms with Crippen molar-refractivity contribution >= 4 is 35.0 Å². The minimum Gasteiger partial charge on any atom is -0.491 e. The number of methoxy groups -OCH3 is 1. The molecule has 0 aromatic heterocycles. The maximum Gasteiger partial charge on any atom is 0.319 e. The van der Waals surface area contributed by atoms with Gasteiger partial charge in [0.25, 0.3) is 0 Å². The van der Waals surface area contributed by atoms with Gasteiger partial charge in [-0.15, -0.1) is 0 Å². The van der Waals surface area contributed by atoms with E-state index in [1.807, 2.05) is 0 Å². The van der Waals surface area contributed by atoms with Crippen LogP contribution in [-0.2, 0) is 4.74 Å². The van der Waals surface area contributed by atoms with E-state index < -0.39 is 17.8 Å². The minimum absolute atomic E-state index is 0.0495. The third-order valence-corrected chi connectivity index (χ3v) is 5.62. The maximum atomic E-state index is 14.9. The Morgan fingerprint density at radius 2 is 1.83 bits per heavy atom. The number of carbonyl (C=O) groups excluding carboxylic acids is 1. The largest absolute Gasteiger partial charge is 0.491 e. The number of alkyl halides is 2. The van der Waals surface area contributed by atoms with Gasteiger partial charge in [0.1, 0.15) is 18.2 Å². The Kier molecular flexibility index (Phi) is 9.35. The highest BCUT2D eigenvalue weighted by molar-refractivity contribution is 5.90. The molecule has 1 fully saturated rings. The molecule has 1 aliphatic carbocycles. The fourth-order valence-corrected chi connectivity index (χ4v) is 3.86. The van der Waals surface area contributed by atoms with Crippen LogP contribution in [-0.4, -0.2) is 45.0 Å². The Morgan fingerprint density at radius 3 is 2.44 bits per heavy atom. The first-order valence-corrected chi connectivity index (χ1v) is 11.6. The van der Waals surface area contributed by atoms with Crippen molar-refractivity contribution in [3.8, 4) is 5.75 Å².